The first-order valence-corrected chi connectivity index (χ1v) is 6.48. The van der Waals surface area contributed by atoms with Crippen molar-refractivity contribution in [2.45, 2.75) is 26.4 Å². The summed E-state index contributed by atoms with van der Waals surface area (Å²) in [6.07, 6.45) is -0.547. The summed E-state index contributed by atoms with van der Waals surface area (Å²) in [6.45, 7) is 5.41. The summed E-state index contributed by atoms with van der Waals surface area (Å²) in [5.74, 6) is 4.92. The maximum absolute atomic E-state index is 13.4. The van der Waals surface area contributed by atoms with Gasteiger partial charge in [0.2, 0.25) is 0 Å². The first-order valence-electron chi connectivity index (χ1n) is 5.69. The standard InChI is InChI=1S/C14H15BrFNO2/c1-14(2,3)19-13(18)17-9-5-6-10-11(15)7-4-8-12(10)16/h4,7-8H,9H2,1-3H3,(H,17,18). The minimum atomic E-state index is -0.550. The van der Waals surface area contributed by atoms with E-state index in [0.29, 0.717) is 4.47 Å². The van der Waals surface area contributed by atoms with Crippen LogP contribution in [-0.4, -0.2) is 18.2 Å². The van der Waals surface area contributed by atoms with Crippen LogP contribution >= 0.6 is 15.9 Å². The quantitative estimate of drug-likeness (QED) is 0.802. The predicted molar refractivity (Wildman–Crippen MR) is 75.2 cm³/mol. The highest BCUT2D eigenvalue weighted by molar-refractivity contribution is 9.10. The van der Waals surface area contributed by atoms with Gasteiger partial charge in [0.15, 0.2) is 0 Å². The molecule has 0 saturated heterocycles. The minimum Gasteiger partial charge on any atom is -0.444 e. The SMILES string of the molecule is CC(C)(C)OC(=O)NCC#Cc1c(F)cccc1Br. The van der Waals surface area contributed by atoms with E-state index in [0.717, 1.165) is 0 Å². The maximum Gasteiger partial charge on any atom is 0.408 e. The summed E-state index contributed by atoms with van der Waals surface area (Å²) in [6, 6.07) is 4.62. The van der Waals surface area contributed by atoms with Gasteiger partial charge in [-0.1, -0.05) is 17.9 Å². The fourth-order valence-corrected chi connectivity index (χ4v) is 1.62. The molecule has 0 saturated carbocycles. The van der Waals surface area contributed by atoms with E-state index in [1.165, 1.54) is 6.07 Å². The molecule has 0 spiro atoms. The molecule has 3 nitrogen and oxygen atoms in total. The van der Waals surface area contributed by atoms with Gasteiger partial charge in [-0.3, -0.25) is 0 Å². The van der Waals surface area contributed by atoms with Crippen molar-refractivity contribution in [1.29, 1.82) is 0 Å². The Morgan fingerprint density at radius 2 is 2.16 bits per heavy atom. The van der Waals surface area contributed by atoms with Crippen LogP contribution in [0, 0.1) is 17.7 Å². The van der Waals surface area contributed by atoms with E-state index in [9.17, 15) is 9.18 Å². The summed E-state index contributed by atoms with van der Waals surface area (Å²) in [7, 11) is 0. The van der Waals surface area contributed by atoms with Gasteiger partial charge in [-0.05, 0) is 48.8 Å². The highest BCUT2D eigenvalue weighted by atomic mass is 79.9. The number of hydrogen-bond donors (Lipinski definition) is 1. The molecular weight excluding hydrogens is 313 g/mol. The molecule has 102 valence electrons. The third-order valence-electron chi connectivity index (χ3n) is 1.90. The van der Waals surface area contributed by atoms with E-state index in [2.05, 4.69) is 33.1 Å². The van der Waals surface area contributed by atoms with Gasteiger partial charge in [0, 0.05) is 4.47 Å². The van der Waals surface area contributed by atoms with Crippen LogP contribution in [0.3, 0.4) is 0 Å². The molecule has 1 rings (SSSR count). The number of alkyl carbamates (subject to hydrolysis) is 1. The molecule has 0 aliphatic heterocycles. The molecule has 1 aromatic rings. The first-order chi connectivity index (χ1) is 8.79. The van der Waals surface area contributed by atoms with Crippen LogP contribution in [0.5, 0.6) is 0 Å². The largest absolute Gasteiger partial charge is 0.444 e. The third-order valence-corrected chi connectivity index (χ3v) is 2.56. The van der Waals surface area contributed by atoms with Crippen molar-refractivity contribution in [2.75, 3.05) is 6.54 Å². The second kappa shape index (κ2) is 6.58. The molecule has 1 N–H and O–H groups in total. The number of carbonyl (C=O) groups excluding carboxylic acids is 1. The fourth-order valence-electron chi connectivity index (χ4n) is 1.18. The van der Waals surface area contributed by atoms with E-state index < -0.39 is 17.5 Å². The number of amides is 1. The van der Waals surface area contributed by atoms with Gasteiger partial charge in [-0.25, -0.2) is 9.18 Å². The molecule has 0 radical (unpaired) electrons. The van der Waals surface area contributed by atoms with Gasteiger partial charge < -0.3 is 10.1 Å². The Balaban J connectivity index is 2.55. The highest BCUT2D eigenvalue weighted by Gasteiger charge is 2.15. The highest BCUT2D eigenvalue weighted by Crippen LogP contribution is 2.17. The molecule has 1 amide bonds. The molecule has 0 aliphatic carbocycles. The summed E-state index contributed by atoms with van der Waals surface area (Å²) in [4.78, 5) is 11.3. The van der Waals surface area contributed by atoms with Crippen LogP contribution < -0.4 is 5.32 Å². The normalized spacial score (nSPS) is 10.4. The van der Waals surface area contributed by atoms with Gasteiger partial charge in [-0.2, -0.15) is 0 Å². The Labute approximate surface area is 120 Å². The van der Waals surface area contributed by atoms with Crippen molar-refractivity contribution in [3.05, 3.63) is 34.1 Å². The average molecular weight is 328 g/mol. The van der Waals surface area contributed by atoms with E-state index >= 15 is 0 Å². The van der Waals surface area contributed by atoms with Gasteiger partial charge in [-0.15, -0.1) is 0 Å². The van der Waals surface area contributed by atoms with E-state index in [1.807, 2.05) is 0 Å². The summed E-state index contributed by atoms with van der Waals surface area (Å²) in [5.41, 5.74) is -0.278. The lowest BCUT2D eigenvalue weighted by Gasteiger charge is -2.19. The van der Waals surface area contributed by atoms with Gasteiger partial charge in [0.1, 0.15) is 11.4 Å². The van der Waals surface area contributed by atoms with Gasteiger partial charge in [0.25, 0.3) is 0 Å². The number of hydrogen-bond acceptors (Lipinski definition) is 2. The number of nitrogens with one attached hydrogen (secondary N) is 1. The number of halogens is 2. The van der Waals surface area contributed by atoms with Crippen LogP contribution in [0.1, 0.15) is 26.3 Å². The molecule has 1 aromatic carbocycles. The number of benzene rings is 1. The fraction of sp³-hybridized carbons (Fsp3) is 0.357. The van der Waals surface area contributed by atoms with Crippen molar-refractivity contribution in [1.82, 2.24) is 5.32 Å². The smallest absolute Gasteiger partial charge is 0.408 e. The molecule has 0 unspecified atom stereocenters. The van der Waals surface area contributed by atoms with Crippen molar-refractivity contribution < 1.29 is 13.9 Å². The van der Waals surface area contributed by atoms with Crippen molar-refractivity contribution in [3.8, 4) is 11.8 Å². The molecule has 0 aliphatic rings. The molecule has 0 atom stereocenters. The first kappa shape index (κ1) is 15.5. The molecule has 0 heterocycles. The number of carbonyl (C=O) groups is 1. The van der Waals surface area contributed by atoms with Crippen LogP contribution in [0.25, 0.3) is 0 Å². The van der Waals surface area contributed by atoms with Crippen molar-refractivity contribution in [2.24, 2.45) is 0 Å². The van der Waals surface area contributed by atoms with Crippen LogP contribution in [-0.2, 0) is 4.74 Å². The molecule has 5 heteroatoms. The monoisotopic (exact) mass is 327 g/mol. The lowest BCUT2D eigenvalue weighted by molar-refractivity contribution is 0.0535. The lowest BCUT2D eigenvalue weighted by atomic mass is 10.2. The topological polar surface area (TPSA) is 38.3 Å². The minimum absolute atomic E-state index is 0.0929. The van der Waals surface area contributed by atoms with Gasteiger partial charge in [0.05, 0.1) is 12.1 Å². The van der Waals surface area contributed by atoms with Crippen molar-refractivity contribution in [3.63, 3.8) is 0 Å². The molecular formula is C14H15BrFNO2. The Hall–Kier alpha value is -1.54. The van der Waals surface area contributed by atoms with Crippen molar-refractivity contribution >= 4 is 22.0 Å². The second-order valence-electron chi connectivity index (χ2n) is 4.75. The molecule has 0 aromatic heterocycles. The molecule has 0 bridgehead atoms. The van der Waals surface area contributed by atoms with Gasteiger partial charge >= 0.3 is 6.09 Å². The Morgan fingerprint density at radius 3 is 2.74 bits per heavy atom. The number of ether oxygens (including phenoxy) is 1. The molecule has 19 heavy (non-hydrogen) atoms. The Bertz CT molecular complexity index is 506. The zero-order chi connectivity index (χ0) is 14.5. The maximum atomic E-state index is 13.4. The van der Waals surface area contributed by atoms with Crippen LogP contribution in [0.2, 0.25) is 0 Å². The van der Waals surface area contributed by atoms with Crippen LogP contribution in [0.15, 0.2) is 22.7 Å². The zero-order valence-corrected chi connectivity index (χ0v) is 12.6. The van der Waals surface area contributed by atoms with E-state index in [4.69, 9.17) is 4.74 Å². The summed E-state index contributed by atoms with van der Waals surface area (Å²) in [5, 5.41) is 2.48. The second-order valence-corrected chi connectivity index (χ2v) is 5.61. The Kier molecular flexibility index (Phi) is 5.37. The average Bonchev–Trinajstić information content (AvgIpc) is 2.25. The molecule has 0 fully saturated rings. The third kappa shape index (κ3) is 5.75. The predicted octanol–water partition coefficient (Wildman–Crippen LogP) is 3.46. The van der Waals surface area contributed by atoms with Crippen LogP contribution in [0.4, 0.5) is 9.18 Å². The summed E-state index contributed by atoms with van der Waals surface area (Å²) >= 11 is 3.21. The summed E-state index contributed by atoms with van der Waals surface area (Å²) < 4.78 is 19.0. The van der Waals surface area contributed by atoms with E-state index in [1.54, 1.807) is 32.9 Å². The number of rotatable bonds is 1. The zero-order valence-electron chi connectivity index (χ0n) is 11.0. The Morgan fingerprint density at radius 1 is 1.47 bits per heavy atom. The lowest BCUT2D eigenvalue weighted by Crippen LogP contribution is -2.32. The van der Waals surface area contributed by atoms with E-state index in [-0.39, 0.29) is 12.1 Å².